The van der Waals surface area contributed by atoms with Crippen LogP contribution in [0.25, 0.3) is 11.3 Å². The summed E-state index contributed by atoms with van der Waals surface area (Å²) in [5.74, 6) is 2.20. The van der Waals surface area contributed by atoms with Gasteiger partial charge >= 0.3 is 0 Å². The highest BCUT2D eigenvalue weighted by atomic mass is 16.5. The van der Waals surface area contributed by atoms with Gasteiger partial charge in [0.2, 0.25) is 0 Å². The molecule has 0 aliphatic rings. The van der Waals surface area contributed by atoms with E-state index in [0.29, 0.717) is 24.8 Å². The van der Waals surface area contributed by atoms with Crippen LogP contribution in [0.15, 0.2) is 54.6 Å². The number of hydrogen-bond acceptors (Lipinski definition) is 4. The fourth-order valence-corrected chi connectivity index (χ4v) is 2.55. The minimum Gasteiger partial charge on any atom is -0.493 e. The first-order valence-electron chi connectivity index (χ1n) is 8.86. The Labute approximate surface area is 154 Å². The summed E-state index contributed by atoms with van der Waals surface area (Å²) in [6.45, 7) is 5.47. The fraction of sp³-hybridized carbons (Fsp3) is 0.286. The number of benzene rings is 2. The largest absolute Gasteiger partial charge is 0.493 e. The van der Waals surface area contributed by atoms with Crippen molar-refractivity contribution in [3.63, 3.8) is 0 Å². The standard InChI is InChI=1S/C21H25N3O2/c1-15(2)10-11-25-21-9-4-3-8-19(21)20-13-17(23-24-20)14-26-18-7-5-6-16(22)12-18/h3-9,12-13,15H,10-11,14,22H2,1-2H3,(H,23,24). The lowest BCUT2D eigenvalue weighted by Gasteiger charge is -2.11. The maximum Gasteiger partial charge on any atom is 0.130 e. The molecule has 0 bridgehead atoms. The Morgan fingerprint density at radius 1 is 1.04 bits per heavy atom. The van der Waals surface area contributed by atoms with Crippen molar-refractivity contribution in [2.75, 3.05) is 12.3 Å². The van der Waals surface area contributed by atoms with Gasteiger partial charge in [-0.25, -0.2) is 0 Å². The van der Waals surface area contributed by atoms with Crippen LogP contribution in [-0.4, -0.2) is 16.8 Å². The zero-order chi connectivity index (χ0) is 18.4. The fourth-order valence-electron chi connectivity index (χ4n) is 2.55. The summed E-state index contributed by atoms with van der Waals surface area (Å²) in [7, 11) is 0. The van der Waals surface area contributed by atoms with Gasteiger partial charge in [0.1, 0.15) is 18.1 Å². The van der Waals surface area contributed by atoms with Gasteiger partial charge in [-0.2, -0.15) is 5.10 Å². The van der Waals surface area contributed by atoms with E-state index in [2.05, 4.69) is 24.0 Å². The summed E-state index contributed by atoms with van der Waals surface area (Å²) < 4.78 is 11.7. The maximum absolute atomic E-state index is 5.96. The van der Waals surface area contributed by atoms with Crippen LogP contribution in [0, 0.1) is 5.92 Å². The number of nitrogens with two attached hydrogens (primary N) is 1. The summed E-state index contributed by atoms with van der Waals surface area (Å²) >= 11 is 0. The summed E-state index contributed by atoms with van der Waals surface area (Å²) in [5, 5.41) is 7.44. The lowest BCUT2D eigenvalue weighted by atomic mass is 10.1. The molecule has 5 heteroatoms. The molecule has 0 spiro atoms. The molecule has 0 fully saturated rings. The molecule has 3 rings (SSSR count). The van der Waals surface area contributed by atoms with E-state index >= 15 is 0 Å². The predicted octanol–water partition coefficient (Wildman–Crippen LogP) is 4.66. The van der Waals surface area contributed by atoms with Crippen molar-refractivity contribution >= 4 is 5.69 Å². The second-order valence-electron chi connectivity index (χ2n) is 6.67. The van der Waals surface area contributed by atoms with E-state index < -0.39 is 0 Å². The Balaban J connectivity index is 1.67. The molecule has 26 heavy (non-hydrogen) atoms. The highest BCUT2D eigenvalue weighted by Crippen LogP contribution is 2.29. The summed E-state index contributed by atoms with van der Waals surface area (Å²) in [6.07, 6.45) is 1.02. The monoisotopic (exact) mass is 351 g/mol. The smallest absolute Gasteiger partial charge is 0.130 e. The third-order valence-corrected chi connectivity index (χ3v) is 4.00. The number of nitrogens with zero attached hydrogens (tertiary/aromatic N) is 1. The molecule has 136 valence electrons. The second-order valence-corrected chi connectivity index (χ2v) is 6.67. The average Bonchev–Trinajstić information content (AvgIpc) is 3.09. The molecular formula is C21H25N3O2. The highest BCUT2D eigenvalue weighted by molar-refractivity contribution is 5.67. The van der Waals surface area contributed by atoms with Crippen LogP contribution in [0.2, 0.25) is 0 Å². The highest BCUT2D eigenvalue weighted by Gasteiger charge is 2.10. The number of aromatic amines is 1. The molecule has 5 nitrogen and oxygen atoms in total. The minimum atomic E-state index is 0.396. The molecule has 0 aliphatic heterocycles. The van der Waals surface area contributed by atoms with Gasteiger partial charge in [-0.1, -0.05) is 32.0 Å². The lowest BCUT2D eigenvalue weighted by molar-refractivity contribution is 0.290. The van der Waals surface area contributed by atoms with Crippen LogP contribution < -0.4 is 15.2 Å². The van der Waals surface area contributed by atoms with E-state index in [0.717, 1.165) is 34.9 Å². The first kappa shape index (κ1) is 17.9. The minimum absolute atomic E-state index is 0.396. The molecule has 2 aromatic carbocycles. The van der Waals surface area contributed by atoms with Gasteiger partial charge in [-0.3, -0.25) is 5.10 Å². The Hall–Kier alpha value is -2.95. The van der Waals surface area contributed by atoms with Crippen molar-refractivity contribution in [1.82, 2.24) is 10.2 Å². The number of para-hydroxylation sites is 1. The Bertz CT molecular complexity index is 843. The Kier molecular flexibility index (Phi) is 5.79. The third kappa shape index (κ3) is 4.79. The number of anilines is 1. The number of aromatic nitrogens is 2. The normalized spacial score (nSPS) is 10.9. The van der Waals surface area contributed by atoms with E-state index in [-0.39, 0.29) is 0 Å². The second kappa shape index (κ2) is 8.43. The number of hydrogen-bond donors (Lipinski definition) is 2. The molecule has 3 aromatic rings. The Morgan fingerprint density at radius 2 is 1.88 bits per heavy atom. The van der Waals surface area contributed by atoms with Gasteiger partial charge in [0, 0.05) is 17.3 Å². The molecule has 1 aromatic heterocycles. The van der Waals surface area contributed by atoms with Crippen molar-refractivity contribution in [3.8, 4) is 22.8 Å². The van der Waals surface area contributed by atoms with E-state index in [1.807, 2.05) is 48.5 Å². The van der Waals surface area contributed by atoms with Crippen LogP contribution >= 0.6 is 0 Å². The summed E-state index contributed by atoms with van der Waals surface area (Å²) in [5.41, 5.74) is 9.16. The molecular weight excluding hydrogens is 326 g/mol. The van der Waals surface area contributed by atoms with Crippen molar-refractivity contribution < 1.29 is 9.47 Å². The predicted molar refractivity (Wildman–Crippen MR) is 104 cm³/mol. The lowest BCUT2D eigenvalue weighted by Crippen LogP contribution is -2.02. The number of H-pyrrole nitrogens is 1. The van der Waals surface area contributed by atoms with E-state index in [1.165, 1.54) is 0 Å². The van der Waals surface area contributed by atoms with E-state index in [4.69, 9.17) is 15.2 Å². The molecule has 0 saturated carbocycles. The van der Waals surface area contributed by atoms with Crippen molar-refractivity contribution in [3.05, 3.63) is 60.3 Å². The summed E-state index contributed by atoms with van der Waals surface area (Å²) in [6, 6.07) is 17.3. The van der Waals surface area contributed by atoms with E-state index in [9.17, 15) is 0 Å². The van der Waals surface area contributed by atoms with Gasteiger partial charge in [0.15, 0.2) is 0 Å². The number of ether oxygens (including phenoxy) is 2. The van der Waals surface area contributed by atoms with Gasteiger partial charge in [0.25, 0.3) is 0 Å². The molecule has 0 aliphatic carbocycles. The van der Waals surface area contributed by atoms with Gasteiger partial charge in [0.05, 0.1) is 18.0 Å². The third-order valence-electron chi connectivity index (χ3n) is 4.00. The van der Waals surface area contributed by atoms with Crippen LogP contribution in [-0.2, 0) is 6.61 Å². The van der Waals surface area contributed by atoms with Crippen LogP contribution in [0.3, 0.4) is 0 Å². The SMILES string of the molecule is CC(C)CCOc1ccccc1-c1cc(COc2cccc(N)c2)[nH]n1. The quantitative estimate of drug-likeness (QED) is 0.579. The molecule has 0 atom stereocenters. The topological polar surface area (TPSA) is 73.2 Å². The molecule has 0 unspecified atom stereocenters. The summed E-state index contributed by atoms with van der Waals surface area (Å²) in [4.78, 5) is 0. The number of rotatable bonds is 8. The van der Waals surface area contributed by atoms with Crippen LogP contribution in [0.5, 0.6) is 11.5 Å². The molecule has 0 amide bonds. The van der Waals surface area contributed by atoms with Crippen molar-refractivity contribution in [2.24, 2.45) is 5.92 Å². The van der Waals surface area contributed by atoms with Gasteiger partial charge in [-0.15, -0.1) is 0 Å². The zero-order valence-corrected chi connectivity index (χ0v) is 15.2. The first-order valence-corrected chi connectivity index (χ1v) is 8.86. The van der Waals surface area contributed by atoms with Crippen LogP contribution in [0.4, 0.5) is 5.69 Å². The molecule has 0 radical (unpaired) electrons. The first-order chi connectivity index (χ1) is 12.6. The van der Waals surface area contributed by atoms with E-state index in [1.54, 1.807) is 6.07 Å². The molecule has 3 N–H and O–H groups in total. The maximum atomic E-state index is 5.96. The molecule has 0 saturated heterocycles. The average molecular weight is 351 g/mol. The number of nitrogen functional groups attached to an aromatic ring is 1. The van der Waals surface area contributed by atoms with Crippen LogP contribution in [0.1, 0.15) is 26.0 Å². The Morgan fingerprint density at radius 3 is 2.69 bits per heavy atom. The molecule has 1 heterocycles. The number of nitrogens with one attached hydrogen (secondary N) is 1. The van der Waals surface area contributed by atoms with Gasteiger partial charge in [-0.05, 0) is 42.7 Å². The van der Waals surface area contributed by atoms with Gasteiger partial charge < -0.3 is 15.2 Å². The zero-order valence-electron chi connectivity index (χ0n) is 15.2. The van der Waals surface area contributed by atoms with Crippen molar-refractivity contribution in [2.45, 2.75) is 26.9 Å². The van der Waals surface area contributed by atoms with Crippen molar-refractivity contribution in [1.29, 1.82) is 0 Å².